The third kappa shape index (κ3) is 8.46. The number of benzene rings is 4. The van der Waals surface area contributed by atoms with Crippen molar-refractivity contribution in [2.24, 2.45) is 0 Å². The Morgan fingerprint density at radius 2 is 1.54 bits per heavy atom. The van der Waals surface area contributed by atoms with Gasteiger partial charge in [-0.2, -0.15) is 0 Å². The van der Waals surface area contributed by atoms with Crippen LogP contribution < -0.4 is 14.4 Å². The highest BCUT2D eigenvalue weighted by molar-refractivity contribution is 7.98. The van der Waals surface area contributed by atoms with E-state index in [4.69, 9.17) is 4.74 Å². The number of hydrogen-bond donors (Lipinski definition) is 1. The lowest BCUT2D eigenvalue weighted by molar-refractivity contribution is -0.140. The highest BCUT2D eigenvalue weighted by Crippen LogP contribution is 2.33. The van der Waals surface area contributed by atoms with Gasteiger partial charge in [0.1, 0.15) is 24.2 Å². The summed E-state index contributed by atoms with van der Waals surface area (Å²) in [6.45, 7) is 3.18. The van der Waals surface area contributed by atoms with Crippen LogP contribution in [0.25, 0.3) is 0 Å². The highest BCUT2D eigenvalue weighted by Gasteiger charge is 2.35. The van der Waals surface area contributed by atoms with Gasteiger partial charge in [-0.1, -0.05) is 60.7 Å². The van der Waals surface area contributed by atoms with Crippen molar-refractivity contribution in [3.05, 3.63) is 120 Å². The summed E-state index contributed by atoms with van der Waals surface area (Å²) in [6, 6.07) is 27.1. The second kappa shape index (κ2) is 16.3. The number of hydrogen-bond acceptors (Lipinski definition) is 6. The van der Waals surface area contributed by atoms with Crippen LogP contribution in [0.5, 0.6) is 5.75 Å². The lowest BCUT2D eigenvalue weighted by Crippen LogP contribution is -2.53. The van der Waals surface area contributed by atoms with Gasteiger partial charge >= 0.3 is 0 Å². The summed E-state index contributed by atoms with van der Waals surface area (Å²) in [5.74, 6) is -1.40. The molecule has 1 N–H and O–H groups in total. The fraction of sp³-hybridized carbons (Fsp3) is 0.257. The number of nitrogens with zero attached hydrogens (tertiary/aromatic N) is 2. The van der Waals surface area contributed by atoms with E-state index in [0.717, 1.165) is 14.8 Å². The molecule has 4 aromatic rings. The summed E-state index contributed by atoms with van der Waals surface area (Å²) in [4.78, 5) is 30.2. The minimum absolute atomic E-state index is 0.0189. The van der Waals surface area contributed by atoms with Crippen molar-refractivity contribution in [1.82, 2.24) is 10.2 Å². The normalized spacial score (nSPS) is 11.8. The average Bonchev–Trinajstić information content (AvgIpc) is 3.07. The Morgan fingerprint density at radius 1 is 0.891 bits per heavy atom. The molecule has 46 heavy (non-hydrogen) atoms. The maximum atomic E-state index is 15.0. The molecule has 0 fully saturated rings. The number of nitrogens with one attached hydrogen (secondary N) is 1. The molecule has 0 aliphatic heterocycles. The van der Waals surface area contributed by atoms with Crippen molar-refractivity contribution in [3.63, 3.8) is 0 Å². The van der Waals surface area contributed by atoms with Gasteiger partial charge in [0.2, 0.25) is 11.8 Å². The molecule has 11 heteroatoms. The first-order valence-corrected chi connectivity index (χ1v) is 17.6. The molecule has 0 saturated carbocycles. The Labute approximate surface area is 274 Å². The number of sulfonamides is 1. The minimum Gasteiger partial charge on any atom is -0.492 e. The molecule has 0 unspecified atom stereocenters. The van der Waals surface area contributed by atoms with Crippen LogP contribution in [0.4, 0.5) is 10.1 Å². The SMILES string of the molecule is CCNC(=O)[C@H](Cc1ccccc1)N(Cc1ccccc1F)C(=O)CN(c1ccccc1OCC)S(=O)(=O)c1ccc(SC)cc1. The molecule has 0 radical (unpaired) electrons. The molecule has 0 bridgehead atoms. The molecule has 242 valence electrons. The van der Waals surface area contributed by atoms with E-state index in [1.807, 2.05) is 36.6 Å². The Bertz CT molecular complexity index is 1720. The number of ether oxygens (including phenoxy) is 1. The van der Waals surface area contributed by atoms with Crippen LogP contribution in [-0.2, 0) is 32.6 Å². The molecule has 2 amide bonds. The number of likely N-dealkylation sites (N-methyl/N-ethyl adjacent to an activating group) is 1. The van der Waals surface area contributed by atoms with E-state index in [1.165, 1.54) is 40.9 Å². The van der Waals surface area contributed by atoms with Crippen molar-refractivity contribution in [1.29, 1.82) is 0 Å². The van der Waals surface area contributed by atoms with Gasteiger partial charge in [-0.25, -0.2) is 12.8 Å². The summed E-state index contributed by atoms with van der Waals surface area (Å²) in [5, 5.41) is 2.80. The predicted molar refractivity (Wildman–Crippen MR) is 180 cm³/mol. The van der Waals surface area contributed by atoms with Gasteiger partial charge in [-0.05, 0) is 68.1 Å². The first-order chi connectivity index (χ1) is 22.2. The van der Waals surface area contributed by atoms with Crippen LogP contribution >= 0.6 is 11.8 Å². The van der Waals surface area contributed by atoms with Crippen LogP contribution in [0.1, 0.15) is 25.0 Å². The third-order valence-electron chi connectivity index (χ3n) is 7.28. The first kappa shape index (κ1) is 34.5. The summed E-state index contributed by atoms with van der Waals surface area (Å²) in [7, 11) is -4.32. The van der Waals surface area contributed by atoms with Gasteiger partial charge in [0, 0.05) is 30.0 Å². The van der Waals surface area contributed by atoms with E-state index >= 15 is 4.39 Å². The van der Waals surface area contributed by atoms with Crippen LogP contribution in [0, 0.1) is 5.82 Å². The number of amides is 2. The number of para-hydroxylation sites is 2. The molecule has 8 nitrogen and oxygen atoms in total. The van der Waals surface area contributed by atoms with Gasteiger partial charge in [-0.15, -0.1) is 11.8 Å². The molecule has 0 aliphatic carbocycles. The number of halogens is 1. The first-order valence-electron chi connectivity index (χ1n) is 14.9. The van der Waals surface area contributed by atoms with Gasteiger partial charge in [0.25, 0.3) is 10.0 Å². The molecule has 4 rings (SSSR count). The zero-order chi connectivity index (χ0) is 33.1. The zero-order valence-corrected chi connectivity index (χ0v) is 27.7. The highest BCUT2D eigenvalue weighted by atomic mass is 32.2. The van der Waals surface area contributed by atoms with E-state index in [2.05, 4.69) is 5.32 Å². The van der Waals surface area contributed by atoms with E-state index in [1.54, 1.807) is 62.4 Å². The Hall–Kier alpha value is -4.35. The van der Waals surface area contributed by atoms with E-state index in [9.17, 15) is 18.0 Å². The summed E-state index contributed by atoms with van der Waals surface area (Å²) in [6.07, 6.45) is 2.02. The van der Waals surface area contributed by atoms with Crippen molar-refractivity contribution in [3.8, 4) is 5.75 Å². The molecule has 0 heterocycles. The standard InChI is InChI=1S/C35H38FN3O5S2/c1-4-37-35(41)32(23-26-13-7-6-8-14-26)38(24-27-15-9-10-16-30(27)36)34(40)25-39(31-17-11-12-18-33(31)44-5-2)46(42,43)29-21-19-28(45-3)20-22-29/h6-22,32H,4-5,23-25H2,1-3H3,(H,37,41)/t32-/m0/s1. The van der Waals surface area contributed by atoms with Crippen LogP contribution in [0.2, 0.25) is 0 Å². The molecule has 0 spiro atoms. The van der Waals surface area contributed by atoms with Gasteiger partial charge in [0.05, 0.1) is 17.2 Å². The molecular formula is C35H38FN3O5S2. The third-order valence-corrected chi connectivity index (χ3v) is 9.80. The van der Waals surface area contributed by atoms with Crippen LogP contribution in [0.3, 0.4) is 0 Å². The topological polar surface area (TPSA) is 96.0 Å². The molecule has 0 aromatic heterocycles. The number of anilines is 1. The summed E-state index contributed by atoms with van der Waals surface area (Å²) < 4.78 is 50.4. The number of thioether (sulfide) groups is 1. The lowest BCUT2D eigenvalue weighted by Gasteiger charge is -2.34. The van der Waals surface area contributed by atoms with Crippen molar-refractivity contribution < 1.29 is 27.1 Å². The van der Waals surface area contributed by atoms with Gasteiger partial charge in [0.15, 0.2) is 0 Å². The largest absolute Gasteiger partial charge is 0.492 e. The second-order valence-corrected chi connectivity index (χ2v) is 13.0. The number of rotatable bonds is 15. The predicted octanol–water partition coefficient (Wildman–Crippen LogP) is 5.92. The fourth-order valence-corrected chi connectivity index (χ4v) is 6.82. The van der Waals surface area contributed by atoms with Crippen molar-refractivity contribution in [2.75, 3.05) is 30.3 Å². The van der Waals surface area contributed by atoms with E-state index in [-0.39, 0.29) is 41.5 Å². The Balaban J connectivity index is 1.84. The second-order valence-electron chi connectivity index (χ2n) is 10.3. The van der Waals surface area contributed by atoms with Gasteiger partial charge < -0.3 is 15.0 Å². The van der Waals surface area contributed by atoms with E-state index in [0.29, 0.717) is 6.54 Å². The Morgan fingerprint density at radius 3 is 2.20 bits per heavy atom. The Kier molecular flexibility index (Phi) is 12.2. The van der Waals surface area contributed by atoms with Gasteiger partial charge in [-0.3, -0.25) is 13.9 Å². The molecule has 0 aliphatic rings. The maximum absolute atomic E-state index is 15.0. The van der Waals surface area contributed by atoms with Crippen molar-refractivity contribution in [2.45, 2.75) is 42.6 Å². The molecule has 4 aromatic carbocycles. The molecule has 0 saturated heterocycles. The lowest BCUT2D eigenvalue weighted by atomic mass is 10.0. The van der Waals surface area contributed by atoms with Crippen LogP contribution in [0.15, 0.2) is 113 Å². The summed E-state index contributed by atoms with van der Waals surface area (Å²) >= 11 is 1.47. The molecule has 1 atom stereocenters. The number of carbonyl (C=O) groups is 2. The molecular weight excluding hydrogens is 626 g/mol. The quantitative estimate of drug-likeness (QED) is 0.159. The van der Waals surface area contributed by atoms with Crippen molar-refractivity contribution >= 4 is 39.3 Å². The van der Waals surface area contributed by atoms with Crippen LogP contribution in [-0.4, -0.2) is 57.1 Å². The zero-order valence-electron chi connectivity index (χ0n) is 26.1. The maximum Gasteiger partial charge on any atom is 0.264 e. The summed E-state index contributed by atoms with van der Waals surface area (Å²) in [5.41, 5.74) is 1.13. The fourth-order valence-electron chi connectivity index (χ4n) is 4.99. The number of carbonyl (C=O) groups excluding carboxylic acids is 2. The minimum atomic E-state index is -4.32. The van der Waals surface area contributed by atoms with E-state index < -0.39 is 40.2 Å². The monoisotopic (exact) mass is 663 g/mol. The smallest absolute Gasteiger partial charge is 0.264 e. The average molecular weight is 664 g/mol.